The van der Waals surface area contributed by atoms with Crippen molar-refractivity contribution in [3.63, 3.8) is 0 Å². The van der Waals surface area contributed by atoms with E-state index in [-0.39, 0.29) is 0 Å². The van der Waals surface area contributed by atoms with Gasteiger partial charge >= 0.3 is 0 Å². The molecule has 3 heterocycles. The molecule has 0 N–H and O–H groups in total. The van der Waals surface area contributed by atoms with E-state index in [1.54, 1.807) is 12.1 Å². The van der Waals surface area contributed by atoms with Gasteiger partial charge in [-0.1, -0.05) is 23.2 Å². The van der Waals surface area contributed by atoms with Gasteiger partial charge in [0.2, 0.25) is 0 Å². The lowest BCUT2D eigenvalue weighted by Crippen LogP contribution is -2.34. The molecule has 2 aromatic carbocycles. The molecule has 0 aromatic heterocycles. The Bertz CT molecular complexity index is 1500. The van der Waals surface area contributed by atoms with Crippen LogP contribution in [0.15, 0.2) is 45.8 Å². The number of aryl methyl sites for hydroxylation is 2. The van der Waals surface area contributed by atoms with Gasteiger partial charge in [-0.05, 0) is 68.5 Å². The SMILES string of the molecule is CCN=c1ccc2c(-c3c(Cl)ccc(Cl)c3C=O)c3cc4c5c(c3oc-2c1)CCCN5CCC4. The summed E-state index contributed by atoms with van der Waals surface area (Å²) in [6, 6.07) is 11.7. The quantitative estimate of drug-likeness (QED) is 0.230. The van der Waals surface area contributed by atoms with Crippen LogP contribution in [0, 0.1) is 0 Å². The van der Waals surface area contributed by atoms with Crippen LogP contribution in [-0.2, 0) is 12.8 Å². The number of carbonyl (C=O) groups excluding carboxylic acids is 1. The zero-order chi connectivity index (χ0) is 23.4. The molecular weight excluding hydrogens is 467 g/mol. The lowest BCUT2D eigenvalue weighted by atomic mass is 9.85. The number of fused-ring (bicyclic) bond motifs is 3. The molecule has 0 atom stereocenters. The summed E-state index contributed by atoms with van der Waals surface area (Å²) in [5.41, 5.74) is 7.65. The van der Waals surface area contributed by atoms with Gasteiger partial charge in [-0.2, -0.15) is 0 Å². The van der Waals surface area contributed by atoms with Crippen LogP contribution < -0.4 is 10.3 Å². The molecule has 3 aliphatic heterocycles. The maximum atomic E-state index is 12.2. The second kappa shape index (κ2) is 8.44. The molecule has 4 nitrogen and oxygen atoms in total. The summed E-state index contributed by atoms with van der Waals surface area (Å²) in [5.74, 6) is 0.731. The minimum atomic E-state index is 0.388. The third-order valence-electron chi connectivity index (χ3n) is 7.04. The molecule has 172 valence electrons. The number of aldehydes is 1. The minimum absolute atomic E-state index is 0.388. The molecule has 0 spiro atoms. The molecule has 1 aliphatic carbocycles. The molecule has 0 bridgehead atoms. The Kier molecular flexibility index (Phi) is 5.39. The van der Waals surface area contributed by atoms with Crippen molar-refractivity contribution in [2.24, 2.45) is 4.99 Å². The Hall–Kier alpha value is -2.82. The summed E-state index contributed by atoms with van der Waals surface area (Å²) in [5, 5.41) is 2.73. The molecule has 0 unspecified atom stereocenters. The van der Waals surface area contributed by atoms with Gasteiger partial charge in [0.05, 0.1) is 10.4 Å². The molecule has 0 amide bonds. The Morgan fingerprint density at radius 3 is 2.62 bits per heavy atom. The molecule has 2 aromatic rings. The zero-order valence-electron chi connectivity index (χ0n) is 19.0. The molecule has 0 saturated carbocycles. The fraction of sp³-hybridized carbons (Fsp3) is 0.286. The number of halogens is 2. The van der Waals surface area contributed by atoms with Gasteiger partial charge in [0.1, 0.15) is 11.3 Å². The summed E-state index contributed by atoms with van der Waals surface area (Å²) in [4.78, 5) is 19.3. The maximum Gasteiger partial charge on any atom is 0.152 e. The third kappa shape index (κ3) is 3.27. The number of hydrogen-bond acceptors (Lipinski definition) is 4. The van der Waals surface area contributed by atoms with Gasteiger partial charge in [-0.25, -0.2) is 0 Å². The van der Waals surface area contributed by atoms with E-state index in [2.05, 4.69) is 16.0 Å². The number of carbonyl (C=O) groups is 1. The second-order valence-electron chi connectivity index (χ2n) is 9.00. The van der Waals surface area contributed by atoms with Crippen LogP contribution in [-0.4, -0.2) is 25.9 Å². The number of rotatable bonds is 3. The fourth-order valence-electron chi connectivity index (χ4n) is 5.68. The maximum absolute atomic E-state index is 12.2. The molecule has 0 radical (unpaired) electrons. The topological polar surface area (TPSA) is 45.8 Å². The zero-order valence-corrected chi connectivity index (χ0v) is 20.5. The monoisotopic (exact) mass is 490 g/mol. The Morgan fingerprint density at radius 1 is 1.03 bits per heavy atom. The van der Waals surface area contributed by atoms with Gasteiger partial charge in [0, 0.05) is 69.6 Å². The van der Waals surface area contributed by atoms with Crippen molar-refractivity contribution in [3.05, 3.63) is 68.5 Å². The normalized spacial score (nSPS) is 15.7. The fourth-order valence-corrected chi connectivity index (χ4v) is 6.14. The summed E-state index contributed by atoms with van der Waals surface area (Å²) >= 11 is 13.3. The van der Waals surface area contributed by atoms with E-state index in [1.807, 2.05) is 25.1 Å². The highest BCUT2D eigenvalue weighted by Crippen LogP contribution is 2.49. The van der Waals surface area contributed by atoms with E-state index in [0.29, 0.717) is 27.7 Å². The van der Waals surface area contributed by atoms with Gasteiger partial charge < -0.3 is 9.32 Å². The van der Waals surface area contributed by atoms with Crippen molar-refractivity contribution in [1.82, 2.24) is 0 Å². The van der Waals surface area contributed by atoms with E-state index in [0.717, 1.165) is 78.3 Å². The summed E-state index contributed by atoms with van der Waals surface area (Å²) in [6.07, 6.45) is 5.03. The van der Waals surface area contributed by atoms with E-state index in [9.17, 15) is 4.79 Å². The number of benzene rings is 3. The van der Waals surface area contributed by atoms with E-state index in [1.165, 1.54) is 16.8 Å². The first-order valence-electron chi connectivity index (χ1n) is 11.8. The van der Waals surface area contributed by atoms with Crippen molar-refractivity contribution < 1.29 is 9.21 Å². The minimum Gasteiger partial charge on any atom is -0.456 e. The van der Waals surface area contributed by atoms with Gasteiger partial charge in [-0.15, -0.1) is 0 Å². The second-order valence-corrected chi connectivity index (χ2v) is 9.82. The van der Waals surface area contributed by atoms with Crippen LogP contribution in [0.3, 0.4) is 0 Å². The summed E-state index contributed by atoms with van der Waals surface area (Å²) in [7, 11) is 0. The van der Waals surface area contributed by atoms with E-state index < -0.39 is 0 Å². The first-order valence-corrected chi connectivity index (χ1v) is 12.6. The lowest BCUT2D eigenvalue weighted by molar-refractivity contribution is 0.112. The highest BCUT2D eigenvalue weighted by atomic mass is 35.5. The van der Waals surface area contributed by atoms with Crippen molar-refractivity contribution >= 4 is 46.1 Å². The Labute approximate surface area is 208 Å². The van der Waals surface area contributed by atoms with Gasteiger partial charge in [0.25, 0.3) is 0 Å². The van der Waals surface area contributed by atoms with Gasteiger partial charge in [-0.3, -0.25) is 9.79 Å². The summed E-state index contributed by atoms with van der Waals surface area (Å²) in [6.45, 7) is 4.87. The number of anilines is 1. The van der Waals surface area contributed by atoms with Crippen molar-refractivity contribution in [2.75, 3.05) is 24.5 Å². The predicted octanol–water partition coefficient (Wildman–Crippen LogP) is 6.94. The number of nitrogens with zero attached hydrogens (tertiary/aromatic N) is 2. The van der Waals surface area contributed by atoms with Gasteiger partial charge in [0.15, 0.2) is 6.29 Å². The van der Waals surface area contributed by atoms with Crippen LogP contribution in [0.2, 0.25) is 10.0 Å². The Balaban J connectivity index is 1.83. The Morgan fingerprint density at radius 2 is 1.82 bits per heavy atom. The molecule has 6 rings (SSSR count). The smallest absolute Gasteiger partial charge is 0.152 e. The predicted molar refractivity (Wildman–Crippen MR) is 139 cm³/mol. The standard InChI is InChI=1S/C28H24Cl2N2O2/c1-2-31-17-7-8-18-24(14-17)34-28-19-6-4-12-32-11-3-5-16(27(19)32)13-20(28)25(18)26-21(15-33)22(29)9-10-23(26)30/h7-10,13-15H,2-6,11-12H2,1H3. The van der Waals surface area contributed by atoms with Crippen molar-refractivity contribution in [1.29, 1.82) is 0 Å². The first-order chi connectivity index (χ1) is 16.6. The van der Waals surface area contributed by atoms with E-state index in [4.69, 9.17) is 27.6 Å². The molecule has 0 fully saturated rings. The highest BCUT2D eigenvalue weighted by Gasteiger charge is 2.30. The molecule has 6 heteroatoms. The van der Waals surface area contributed by atoms with Crippen LogP contribution >= 0.6 is 23.2 Å². The van der Waals surface area contributed by atoms with Crippen molar-refractivity contribution in [2.45, 2.75) is 32.6 Å². The summed E-state index contributed by atoms with van der Waals surface area (Å²) < 4.78 is 6.66. The third-order valence-corrected chi connectivity index (χ3v) is 7.68. The average Bonchev–Trinajstić information content (AvgIpc) is 2.85. The number of hydrogen-bond donors (Lipinski definition) is 0. The van der Waals surface area contributed by atoms with Crippen LogP contribution in [0.1, 0.15) is 41.3 Å². The van der Waals surface area contributed by atoms with Crippen LogP contribution in [0.25, 0.3) is 33.4 Å². The molecule has 4 aliphatic rings. The molecule has 0 saturated heterocycles. The van der Waals surface area contributed by atoms with Crippen LogP contribution in [0.5, 0.6) is 0 Å². The highest BCUT2D eigenvalue weighted by molar-refractivity contribution is 6.38. The van der Waals surface area contributed by atoms with Crippen LogP contribution in [0.4, 0.5) is 5.69 Å². The average molecular weight is 491 g/mol. The first kappa shape index (κ1) is 21.7. The van der Waals surface area contributed by atoms with E-state index >= 15 is 0 Å². The molecular formula is C28H24Cl2N2O2. The largest absolute Gasteiger partial charge is 0.456 e. The molecule has 34 heavy (non-hydrogen) atoms. The lowest BCUT2D eigenvalue weighted by Gasteiger charge is -2.37. The van der Waals surface area contributed by atoms with Crippen molar-refractivity contribution in [3.8, 4) is 22.5 Å².